The molecule has 0 atom stereocenters. The molecule has 146 valence electrons. The predicted octanol–water partition coefficient (Wildman–Crippen LogP) is 3.21. The van der Waals surface area contributed by atoms with E-state index in [4.69, 9.17) is 9.47 Å². The molecule has 0 saturated carbocycles. The van der Waals surface area contributed by atoms with Crippen LogP contribution in [0.3, 0.4) is 0 Å². The van der Waals surface area contributed by atoms with Gasteiger partial charge in [-0.2, -0.15) is 0 Å². The molecule has 0 aliphatic carbocycles. The van der Waals surface area contributed by atoms with Crippen molar-refractivity contribution in [3.8, 4) is 11.5 Å². The Kier molecular flexibility index (Phi) is 7.38. The van der Waals surface area contributed by atoms with E-state index in [1.165, 1.54) is 19.1 Å². The fourth-order valence-corrected chi connectivity index (χ4v) is 3.62. The van der Waals surface area contributed by atoms with Gasteiger partial charge in [-0.3, -0.25) is 4.79 Å². The summed E-state index contributed by atoms with van der Waals surface area (Å²) in [6.07, 6.45) is 0.498. The van der Waals surface area contributed by atoms with E-state index in [9.17, 15) is 13.2 Å². The molecule has 0 aliphatic heterocycles. The Labute approximate surface area is 160 Å². The predicted molar refractivity (Wildman–Crippen MR) is 104 cm³/mol. The number of nitrogens with one attached hydrogen (secondary N) is 1. The van der Waals surface area contributed by atoms with Crippen molar-refractivity contribution >= 4 is 15.8 Å². The zero-order valence-electron chi connectivity index (χ0n) is 15.8. The molecule has 27 heavy (non-hydrogen) atoms. The fourth-order valence-electron chi connectivity index (χ4n) is 2.55. The van der Waals surface area contributed by atoms with Gasteiger partial charge in [0.15, 0.2) is 17.3 Å². The van der Waals surface area contributed by atoms with Gasteiger partial charge in [0.25, 0.3) is 0 Å². The van der Waals surface area contributed by atoms with Crippen LogP contribution >= 0.6 is 0 Å². The van der Waals surface area contributed by atoms with E-state index in [0.29, 0.717) is 36.7 Å². The summed E-state index contributed by atoms with van der Waals surface area (Å²) in [5.41, 5.74) is 1.30. The van der Waals surface area contributed by atoms with E-state index in [2.05, 4.69) is 4.72 Å². The van der Waals surface area contributed by atoms with Crippen molar-refractivity contribution in [2.75, 3.05) is 19.8 Å². The van der Waals surface area contributed by atoms with Crippen molar-refractivity contribution in [2.24, 2.45) is 0 Å². The van der Waals surface area contributed by atoms with Crippen LogP contribution in [-0.2, 0) is 16.4 Å². The smallest absolute Gasteiger partial charge is 0.240 e. The maximum Gasteiger partial charge on any atom is 0.240 e. The van der Waals surface area contributed by atoms with Gasteiger partial charge in [-0.25, -0.2) is 13.1 Å². The number of hydrogen-bond donors (Lipinski definition) is 1. The summed E-state index contributed by atoms with van der Waals surface area (Å²) in [4.78, 5) is 11.5. The Morgan fingerprint density at radius 2 is 1.70 bits per heavy atom. The number of rotatable bonds is 10. The van der Waals surface area contributed by atoms with E-state index >= 15 is 0 Å². The highest BCUT2D eigenvalue weighted by molar-refractivity contribution is 7.89. The van der Waals surface area contributed by atoms with Crippen molar-refractivity contribution < 1.29 is 22.7 Å². The second kappa shape index (κ2) is 9.53. The van der Waals surface area contributed by atoms with Crippen molar-refractivity contribution in [3.05, 3.63) is 53.6 Å². The maximum atomic E-state index is 12.4. The topological polar surface area (TPSA) is 81.7 Å². The highest BCUT2D eigenvalue weighted by atomic mass is 32.2. The molecular formula is C20H25NO5S. The van der Waals surface area contributed by atoms with Gasteiger partial charge in [0.05, 0.1) is 18.1 Å². The first-order valence-corrected chi connectivity index (χ1v) is 10.3. The van der Waals surface area contributed by atoms with Gasteiger partial charge in [-0.15, -0.1) is 0 Å². The third kappa shape index (κ3) is 5.80. The largest absolute Gasteiger partial charge is 0.490 e. The molecule has 0 saturated heterocycles. The first-order valence-electron chi connectivity index (χ1n) is 8.86. The summed E-state index contributed by atoms with van der Waals surface area (Å²) >= 11 is 0. The number of Topliss-reactive ketones (excluding diaryl/α,β-unsaturated/α-hetero) is 1. The summed E-state index contributed by atoms with van der Waals surface area (Å²) in [6, 6.07) is 11.6. The van der Waals surface area contributed by atoms with Gasteiger partial charge in [-0.05, 0) is 57.0 Å². The molecule has 0 radical (unpaired) electrons. The van der Waals surface area contributed by atoms with E-state index in [-0.39, 0.29) is 17.2 Å². The first kappa shape index (κ1) is 20.9. The lowest BCUT2D eigenvalue weighted by Crippen LogP contribution is -2.26. The molecule has 2 aromatic rings. The monoisotopic (exact) mass is 391 g/mol. The van der Waals surface area contributed by atoms with E-state index < -0.39 is 10.0 Å². The van der Waals surface area contributed by atoms with Crippen LogP contribution in [0.1, 0.15) is 36.7 Å². The Balaban J connectivity index is 2.05. The molecule has 7 heteroatoms. The van der Waals surface area contributed by atoms with Crippen molar-refractivity contribution in [1.82, 2.24) is 4.72 Å². The van der Waals surface area contributed by atoms with Gasteiger partial charge in [0, 0.05) is 12.1 Å². The Morgan fingerprint density at radius 1 is 1.00 bits per heavy atom. The lowest BCUT2D eigenvalue weighted by atomic mass is 10.1. The van der Waals surface area contributed by atoms with E-state index in [1.807, 2.05) is 32.0 Å². The molecular weight excluding hydrogens is 366 g/mol. The summed E-state index contributed by atoms with van der Waals surface area (Å²) in [6.45, 7) is 6.49. The number of ether oxygens (including phenoxy) is 2. The lowest BCUT2D eigenvalue weighted by molar-refractivity contribution is 0.101. The molecule has 0 heterocycles. The molecule has 0 bridgehead atoms. The molecule has 6 nitrogen and oxygen atoms in total. The summed E-state index contributed by atoms with van der Waals surface area (Å²) in [5.74, 6) is 1.14. The van der Waals surface area contributed by atoms with Crippen molar-refractivity contribution in [3.63, 3.8) is 0 Å². The molecule has 0 spiro atoms. The van der Waals surface area contributed by atoms with Crippen LogP contribution in [0.5, 0.6) is 11.5 Å². The molecule has 2 aromatic carbocycles. The van der Waals surface area contributed by atoms with Gasteiger partial charge < -0.3 is 9.47 Å². The third-order valence-corrected chi connectivity index (χ3v) is 5.32. The van der Waals surface area contributed by atoms with Gasteiger partial charge >= 0.3 is 0 Å². The van der Waals surface area contributed by atoms with Crippen molar-refractivity contribution in [1.29, 1.82) is 0 Å². The highest BCUT2D eigenvalue weighted by Crippen LogP contribution is 2.28. The van der Waals surface area contributed by atoms with Crippen LogP contribution in [0.4, 0.5) is 0 Å². The van der Waals surface area contributed by atoms with E-state index in [1.54, 1.807) is 12.1 Å². The van der Waals surface area contributed by atoms with Crippen LogP contribution in [0.2, 0.25) is 0 Å². The van der Waals surface area contributed by atoms with Gasteiger partial charge in [0.2, 0.25) is 10.0 Å². The molecule has 0 aliphatic rings. The number of sulfonamides is 1. The zero-order chi connectivity index (χ0) is 19.9. The summed E-state index contributed by atoms with van der Waals surface area (Å²) < 4.78 is 38.6. The highest BCUT2D eigenvalue weighted by Gasteiger charge is 2.15. The first-order chi connectivity index (χ1) is 12.9. The minimum Gasteiger partial charge on any atom is -0.490 e. The van der Waals surface area contributed by atoms with Crippen LogP contribution in [-0.4, -0.2) is 34.0 Å². The lowest BCUT2D eigenvalue weighted by Gasteiger charge is -2.13. The van der Waals surface area contributed by atoms with Crippen molar-refractivity contribution in [2.45, 2.75) is 32.1 Å². The van der Waals surface area contributed by atoms with E-state index in [0.717, 1.165) is 5.56 Å². The summed E-state index contributed by atoms with van der Waals surface area (Å²) in [7, 11) is -3.68. The second-order valence-electron chi connectivity index (χ2n) is 5.88. The third-order valence-electron chi connectivity index (χ3n) is 3.86. The van der Waals surface area contributed by atoms with Gasteiger partial charge in [-0.1, -0.05) is 18.2 Å². The summed E-state index contributed by atoms with van der Waals surface area (Å²) in [5, 5.41) is 0. The van der Waals surface area contributed by atoms with Gasteiger partial charge in [0.1, 0.15) is 0 Å². The Morgan fingerprint density at radius 3 is 2.37 bits per heavy atom. The quantitative estimate of drug-likeness (QED) is 0.629. The van der Waals surface area contributed by atoms with Crippen LogP contribution in [0.15, 0.2) is 47.4 Å². The van der Waals surface area contributed by atoms with Crippen LogP contribution in [0, 0.1) is 0 Å². The average molecular weight is 391 g/mol. The standard InChI is InChI=1S/C20H25NO5S/c1-4-25-19-10-9-16(13-20(19)26-5-2)11-12-21-27(23,24)18-8-6-7-17(14-18)15(3)22/h6-10,13-14,21H,4-5,11-12H2,1-3H3. The molecule has 0 fully saturated rings. The number of carbonyl (C=O) groups is 1. The minimum atomic E-state index is -3.68. The zero-order valence-corrected chi connectivity index (χ0v) is 16.6. The molecule has 2 rings (SSSR count). The molecule has 0 aromatic heterocycles. The number of hydrogen-bond acceptors (Lipinski definition) is 5. The average Bonchev–Trinajstić information content (AvgIpc) is 2.64. The SMILES string of the molecule is CCOc1ccc(CCNS(=O)(=O)c2cccc(C(C)=O)c2)cc1OCC. The number of carbonyl (C=O) groups excluding carboxylic acids is 1. The van der Waals surface area contributed by atoms with Crippen LogP contribution < -0.4 is 14.2 Å². The number of ketones is 1. The Bertz CT molecular complexity index is 893. The second-order valence-corrected chi connectivity index (χ2v) is 7.65. The minimum absolute atomic E-state index is 0.0805. The maximum absolute atomic E-state index is 12.4. The molecule has 1 N–H and O–H groups in total. The van der Waals surface area contributed by atoms with Crippen LogP contribution in [0.25, 0.3) is 0 Å². The molecule has 0 amide bonds. The Hall–Kier alpha value is -2.38. The fraction of sp³-hybridized carbons (Fsp3) is 0.350. The molecule has 0 unspecified atom stereocenters. The normalized spacial score (nSPS) is 11.2. The number of benzene rings is 2.